The van der Waals surface area contributed by atoms with E-state index >= 15 is 0 Å². The van der Waals surface area contributed by atoms with Crippen LogP contribution < -0.4 is 10.5 Å². The van der Waals surface area contributed by atoms with Gasteiger partial charge in [0.05, 0.1) is 10.2 Å². The SMILES string of the molecule is NCc1cc(OC(F)(F)F)c(Br)c(Br)n1. The summed E-state index contributed by atoms with van der Waals surface area (Å²) in [5, 5.41) is 0. The second-order valence-electron chi connectivity index (χ2n) is 2.47. The number of nitrogens with zero attached hydrogens (tertiary/aromatic N) is 1. The fourth-order valence-corrected chi connectivity index (χ4v) is 1.53. The Bertz CT molecular complexity index is 370. The second kappa shape index (κ2) is 4.67. The van der Waals surface area contributed by atoms with Crippen molar-refractivity contribution in [2.24, 2.45) is 5.73 Å². The molecule has 15 heavy (non-hydrogen) atoms. The van der Waals surface area contributed by atoms with Gasteiger partial charge in [0.1, 0.15) is 10.4 Å². The molecule has 0 aliphatic carbocycles. The maximum atomic E-state index is 12.0. The number of rotatable bonds is 2. The minimum Gasteiger partial charge on any atom is -0.404 e. The molecule has 84 valence electrons. The lowest BCUT2D eigenvalue weighted by Gasteiger charge is -2.12. The summed E-state index contributed by atoms with van der Waals surface area (Å²) in [7, 11) is 0. The van der Waals surface area contributed by atoms with Crippen LogP contribution in [-0.2, 0) is 6.54 Å². The third kappa shape index (κ3) is 3.62. The quantitative estimate of drug-likeness (QED) is 0.835. The van der Waals surface area contributed by atoms with Crippen molar-refractivity contribution in [1.29, 1.82) is 0 Å². The number of alkyl halides is 3. The summed E-state index contributed by atoms with van der Waals surface area (Å²) < 4.78 is 40.0. The average molecular weight is 350 g/mol. The van der Waals surface area contributed by atoms with Crippen LogP contribution in [-0.4, -0.2) is 11.3 Å². The first-order valence-corrected chi connectivity index (χ1v) is 5.23. The lowest BCUT2D eigenvalue weighted by molar-refractivity contribution is -0.275. The summed E-state index contributed by atoms with van der Waals surface area (Å²) >= 11 is 5.91. The molecule has 0 saturated heterocycles. The van der Waals surface area contributed by atoms with Crippen LogP contribution in [0.5, 0.6) is 5.75 Å². The van der Waals surface area contributed by atoms with Gasteiger partial charge in [0.15, 0.2) is 0 Å². The zero-order chi connectivity index (χ0) is 11.6. The Morgan fingerprint density at radius 2 is 2.00 bits per heavy atom. The molecule has 0 saturated carbocycles. The normalized spacial score (nSPS) is 11.6. The van der Waals surface area contributed by atoms with Crippen molar-refractivity contribution in [3.8, 4) is 5.75 Å². The second-order valence-corrected chi connectivity index (χ2v) is 4.01. The Hall–Kier alpha value is -0.340. The summed E-state index contributed by atoms with van der Waals surface area (Å²) in [6.45, 7) is 0.0279. The third-order valence-corrected chi connectivity index (χ3v) is 3.24. The van der Waals surface area contributed by atoms with Crippen LogP contribution in [0.2, 0.25) is 0 Å². The number of ether oxygens (including phenoxy) is 1. The fraction of sp³-hybridized carbons (Fsp3) is 0.286. The molecule has 3 nitrogen and oxygen atoms in total. The first-order valence-electron chi connectivity index (χ1n) is 3.64. The zero-order valence-electron chi connectivity index (χ0n) is 7.11. The predicted molar refractivity (Wildman–Crippen MR) is 54.2 cm³/mol. The third-order valence-electron chi connectivity index (χ3n) is 1.37. The number of nitrogens with two attached hydrogens (primary N) is 1. The van der Waals surface area contributed by atoms with Crippen LogP contribution >= 0.6 is 31.9 Å². The highest BCUT2D eigenvalue weighted by Crippen LogP contribution is 2.35. The van der Waals surface area contributed by atoms with Crippen LogP contribution in [0.25, 0.3) is 0 Å². The largest absolute Gasteiger partial charge is 0.573 e. The smallest absolute Gasteiger partial charge is 0.404 e. The molecule has 1 aromatic rings. The molecule has 1 rings (SSSR count). The zero-order valence-corrected chi connectivity index (χ0v) is 10.3. The fourth-order valence-electron chi connectivity index (χ4n) is 0.827. The summed E-state index contributed by atoms with van der Waals surface area (Å²) in [5.41, 5.74) is 5.56. The van der Waals surface area contributed by atoms with Crippen molar-refractivity contribution >= 4 is 31.9 Å². The van der Waals surface area contributed by atoms with Gasteiger partial charge in [-0.1, -0.05) is 0 Å². The Morgan fingerprint density at radius 1 is 1.40 bits per heavy atom. The molecule has 0 unspecified atom stereocenters. The van der Waals surface area contributed by atoms with E-state index in [1.807, 2.05) is 0 Å². The number of hydrogen-bond donors (Lipinski definition) is 1. The first kappa shape index (κ1) is 12.7. The van der Waals surface area contributed by atoms with Crippen LogP contribution in [0, 0.1) is 0 Å². The predicted octanol–water partition coefficient (Wildman–Crippen LogP) is 2.96. The molecule has 0 fully saturated rings. The molecule has 0 atom stereocenters. The van der Waals surface area contributed by atoms with E-state index in [1.165, 1.54) is 0 Å². The molecule has 0 bridgehead atoms. The molecule has 0 spiro atoms. The van der Waals surface area contributed by atoms with Gasteiger partial charge < -0.3 is 10.5 Å². The van der Waals surface area contributed by atoms with E-state index in [9.17, 15) is 13.2 Å². The van der Waals surface area contributed by atoms with E-state index in [-0.39, 0.29) is 21.4 Å². The summed E-state index contributed by atoms with van der Waals surface area (Å²) in [6.07, 6.45) is -4.74. The summed E-state index contributed by atoms with van der Waals surface area (Å²) in [4.78, 5) is 3.88. The van der Waals surface area contributed by atoms with E-state index in [0.717, 1.165) is 6.07 Å². The average Bonchev–Trinajstić information content (AvgIpc) is 2.10. The minimum absolute atomic E-state index is 0.0279. The van der Waals surface area contributed by atoms with Gasteiger partial charge in [-0.2, -0.15) is 0 Å². The van der Waals surface area contributed by atoms with Crippen molar-refractivity contribution in [1.82, 2.24) is 4.98 Å². The summed E-state index contributed by atoms with van der Waals surface area (Å²) in [5.74, 6) is -0.371. The topological polar surface area (TPSA) is 48.1 Å². The highest BCUT2D eigenvalue weighted by molar-refractivity contribution is 9.13. The Labute approximate surface area is 100 Å². The van der Waals surface area contributed by atoms with Crippen molar-refractivity contribution in [2.45, 2.75) is 12.9 Å². The van der Waals surface area contributed by atoms with Crippen LogP contribution in [0.4, 0.5) is 13.2 Å². The molecule has 2 N–H and O–H groups in total. The molecule has 0 aliphatic rings. The van der Waals surface area contributed by atoms with Crippen molar-refractivity contribution in [3.05, 3.63) is 20.8 Å². The Kier molecular flexibility index (Phi) is 3.96. The van der Waals surface area contributed by atoms with E-state index in [4.69, 9.17) is 5.73 Å². The molecule has 0 radical (unpaired) electrons. The van der Waals surface area contributed by atoms with Gasteiger partial charge in [0.2, 0.25) is 0 Å². The standard InChI is InChI=1S/C7H5Br2F3N2O/c8-5-4(15-7(10,11)12)1-3(2-13)14-6(5)9/h1H,2,13H2. The highest BCUT2D eigenvalue weighted by Gasteiger charge is 2.32. The molecule has 0 amide bonds. The maximum Gasteiger partial charge on any atom is 0.573 e. The minimum atomic E-state index is -4.74. The van der Waals surface area contributed by atoms with Crippen molar-refractivity contribution < 1.29 is 17.9 Å². The molecule has 0 aliphatic heterocycles. The van der Waals surface area contributed by atoms with E-state index < -0.39 is 6.36 Å². The van der Waals surface area contributed by atoms with Crippen LogP contribution in [0.15, 0.2) is 15.1 Å². The lowest BCUT2D eigenvalue weighted by Crippen LogP contribution is -2.18. The lowest BCUT2D eigenvalue weighted by atomic mass is 10.3. The van der Waals surface area contributed by atoms with Crippen molar-refractivity contribution in [2.75, 3.05) is 0 Å². The highest BCUT2D eigenvalue weighted by atomic mass is 79.9. The van der Waals surface area contributed by atoms with Gasteiger partial charge in [-0.25, -0.2) is 4.98 Å². The van der Waals surface area contributed by atoms with Gasteiger partial charge in [-0.3, -0.25) is 0 Å². The molecule has 8 heteroatoms. The summed E-state index contributed by atoms with van der Waals surface area (Å²) in [6, 6.07) is 1.13. The van der Waals surface area contributed by atoms with E-state index in [0.29, 0.717) is 5.69 Å². The van der Waals surface area contributed by atoms with Crippen LogP contribution in [0.1, 0.15) is 5.69 Å². The van der Waals surface area contributed by atoms with E-state index in [2.05, 4.69) is 41.6 Å². The maximum absolute atomic E-state index is 12.0. The van der Waals surface area contributed by atoms with Gasteiger partial charge in [0.25, 0.3) is 0 Å². The van der Waals surface area contributed by atoms with Gasteiger partial charge in [0, 0.05) is 12.6 Å². The number of aromatic nitrogens is 1. The molecule has 0 aromatic carbocycles. The molecular weight excluding hydrogens is 345 g/mol. The van der Waals surface area contributed by atoms with E-state index in [1.54, 1.807) is 0 Å². The number of pyridine rings is 1. The van der Waals surface area contributed by atoms with Gasteiger partial charge in [-0.15, -0.1) is 13.2 Å². The number of halogens is 5. The van der Waals surface area contributed by atoms with Crippen LogP contribution in [0.3, 0.4) is 0 Å². The molecule has 1 aromatic heterocycles. The first-order chi connectivity index (χ1) is 6.83. The number of hydrogen-bond acceptors (Lipinski definition) is 3. The molecule has 1 heterocycles. The Morgan fingerprint density at radius 3 is 2.47 bits per heavy atom. The van der Waals surface area contributed by atoms with Gasteiger partial charge >= 0.3 is 6.36 Å². The van der Waals surface area contributed by atoms with Crippen molar-refractivity contribution in [3.63, 3.8) is 0 Å². The monoisotopic (exact) mass is 348 g/mol. The van der Waals surface area contributed by atoms with Gasteiger partial charge in [-0.05, 0) is 31.9 Å². The molecular formula is C7H5Br2F3N2O. The Balaban J connectivity index is 3.11.